The molecule has 1 aromatic rings. The van der Waals surface area contributed by atoms with Crippen molar-refractivity contribution in [3.63, 3.8) is 0 Å². The number of ketones is 1. The van der Waals surface area contributed by atoms with Gasteiger partial charge in [-0.15, -0.1) is 0 Å². The van der Waals surface area contributed by atoms with E-state index in [2.05, 4.69) is 0 Å². The second-order valence-corrected chi connectivity index (χ2v) is 12.1. The normalized spacial score (nSPS) is 38.9. The van der Waals surface area contributed by atoms with Crippen LogP contribution in [0.5, 0.6) is 0 Å². The Kier molecular flexibility index (Phi) is 7.43. The SMILES string of the molecule is COC(=O)C[C@@H]1C(=O)C[C@H]2[C@H]([C@H]1C)[C@@H](O)[C@@H](OC(=O)/C=C/c1ccccc1)[C@@]1(O)C(C)(C)CCC[C@]21C. The summed E-state index contributed by atoms with van der Waals surface area (Å²) in [6, 6.07) is 9.34. The van der Waals surface area contributed by atoms with Crippen LogP contribution in [0.25, 0.3) is 6.08 Å². The molecule has 0 aliphatic heterocycles. The van der Waals surface area contributed by atoms with E-state index in [0.29, 0.717) is 12.8 Å². The molecule has 37 heavy (non-hydrogen) atoms. The Bertz CT molecular complexity index is 1060. The standard InChI is InChI=1S/C30H40O7/c1-18-20(16-24(33)36-5)22(31)17-21-25(18)26(34)27(30(35)28(2,3)14-9-15-29(21,30)4)37-23(32)13-12-19-10-7-6-8-11-19/h6-8,10-13,18,20-21,25-27,34-35H,9,14-17H2,1-5H3/b13-12+/t18-,20-,21-,25-,26+,27+,29+,30+/m0/s1. The summed E-state index contributed by atoms with van der Waals surface area (Å²) in [6.45, 7) is 7.76. The van der Waals surface area contributed by atoms with Crippen molar-refractivity contribution in [3.8, 4) is 0 Å². The molecule has 7 heteroatoms. The summed E-state index contributed by atoms with van der Waals surface area (Å²) in [7, 11) is 1.29. The molecular formula is C30H40O7. The van der Waals surface area contributed by atoms with Gasteiger partial charge in [-0.2, -0.15) is 0 Å². The third kappa shape index (κ3) is 4.44. The molecule has 7 nitrogen and oxygen atoms in total. The average molecular weight is 513 g/mol. The lowest BCUT2D eigenvalue weighted by molar-refractivity contribution is -0.320. The predicted octanol–water partition coefficient (Wildman–Crippen LogP) is 3.95. The molecule has 3 fully saturated rings. The highest BCUT2D eigenvalue weighted by atomic mass is 16.6. The van der Waals surface area contributed by atoms with Gasteiger partial charge < -0.3 is 19.7 Å². The number of aliphatic hydroxyl groups is 2. The van der Waals surface area contributed by atoms with Crippen LogP contribution in [0.3, 0.4) is 0 Å². The van der Waals surface area contributed by atoms with Gasteiger partial charge in [0.1, 0.15) is 11.4 Å². The highest BCUT2D eigenvalue weighted by Crippen LogP contribution is 2.67. The first-order valence-corrected chi connectivity index (χ1v) is 13.3. The lowest BCUT2D eigenvalue weighted by Crippen LogP contribution is -2.77. The molecule has 1 aromatic carbocycles. The van der Waals surface area contributed by atoms with Crippen molar-refractivity contribution in [2.24, 2.45) is 34.5 Å². The van der Waals surface area contributed by atoms with Gasteiger partial charge in [0.05, 0.1) is 19.6 Å². The van der Waals surface area contributed by atoms with Gasteiger partial charge in [0, 0.05) is 23.8 Å². The van der Waals surface area contributed by atoms with Gasteiger partial charge in [0.2, 0.25) is 0 Å². The zero-order valence-electron chi connectivity index (χ0n) is 22.5. The number of aliphatic hydroxyl groups excluding tert-OH is 1. The fourth-order valence-electron chi connectivity index (χ4n) is 7.92. The third-order valence-corrected chi connectivity index (χ3v) is 9.94. The van der Waals surface area contributed by atoms with Gasteiger partial charge in [-0.3, -0.25) is 9.59 Å². The molecule has 202 valence electrons. The molecule has 0 unspecified atom stereocenters. The monoisotopic (exact) mass is 512 g/mol. The maximum Gasteiger partial charge on any atom is 0.331 e. The number of hydrogen-bond donors (Lipinski definition) is 2. The molecule has 0 radical (unpaired) electrons. The second kappa shape index (κ2) is 9.99. The van der Waals surface area contributed by atoms with Crippen molar-refractivity contribution >= 4 is 23.8 Å². The molecule has 3 aliphatic carbocycles. The van der Waals surface area contributed by atoms with Gasteiger partial charge in [-0.05, 0) is 47.6 Å². The van der Waals surface area contributed by atoms with Crippen LogP contribution in [0.1, 0.15) is 65.4 Å². The lowest BCUT2D eigenvalue weighted by atomic mass is 9.39. The van der Waals surface area contributed by atoms with Crippen molar-refractivity contribution in [2.75, 3.05) is 7.11 Å². The van der Waals surface area contributed by atoms with E-state index in [1.807, 2.05) is 58.0 Å². The summed E-state index contributed by atoms with van der Waals surface area (Å²) in [4.78, 5) is 38.5. The number of rotatable bonds is 5. The van der Waals surface area contributed by atoms with E-state index in [-0.39, 0.29) is 30.5 Å². The third-order valence-electron chi connectivity index (χ3n) is 9.94. The van der Waals surface area contributed by atoms with Crippen LogP contribution in [0.15, 0.2) is 36.4 Å². The van der Waals surface area contributed by atoms with Crippen molar-refractivity contribution in [1.29, 1.82) is 0 Å². The van der Waals surface area contributed by atoms with Gasteiger partial charge in [0.15, 0.2) is 6.10 Å². The molecule has 4 rings (SSSR count). The number of methoxy groups -OCH3 is 1. The number of carbonyl (C=O) groups is 3. The van der Waals surface area contributed by atoms with E-state index >= 15 is 0 Å². The number of carbonyl (C=O) groups excluding carboxylic acids is 3. The van der Waals surface area contributed by atoms with E-state index in [0.717, 1.165) is 12.0 Å². The summed E-state index contributed by atoms with van der Waals surface area (Å²) in [5.74, 6) is -2.84. The van der Waals surface area contributed by atoms with Crippen LogP contribution in [-0.2, 0) is 23.9 Å². The van der Waals surface area contributed by atoms with E-state index in [4.69, 9.17) is 9.47 Å². The summed E-state index contributed by atoms with van der Waals surface area (Å²) in [6.07, 6.45) is 2.90. The largest absolute Gasteiger partial charge is 0.469 e. The molecule has 0 bridgehead atoms. The first-order valence-electron chi connectivity index (χ1n) is 13.3. The smallest absolute Gasteiger partial charge is 0.331 e. The Balaban J connectivity index is 1.73. The van der Waals surface area contributed by atoms with Gasteiger partial charge >= 0.3 is 11.9 Å². The Morgan fingerprint density at radius 2 is 1.81 bits per heavy atom. The number of benzene rings is 1. The fourth-order valence-corrected chi connectivity index (χ4v) is 7.92. The van der Waals surface area contributed by atoms with Crippen LogP contribution in [0.2, 0.25) is 0 Å². The molecule has 0 heterocycles. The van der Waals surface area contributed by atoms with E-state index in [9.17, 15) is 24.6 Å². The molecule has 0 spiro atoms. The Hall–Kier alpha value is -2.51. The van der Waals surface area contributed by atoms with E-state index < -0.39 is 52.4 Å². The number of esters is 2. The number of Topliss-reactive ketones (excluding diaryl/α,β-unsaturated/α-hetero) is 1. The summed E-state index contributed by atoms with van der Waals surface area (Å²) in [5, 5.41) is 24.4. The summed E-state index contributed by atoms with van der Waals surface area (Å²) >= 11 is 0. The molecule has 2 N–H and O–H groups in total. The molecule has 0 saturated heterocycles. The van der Waals surface area contributed by atoms with Crippen molar-refractivity contribution < 1.29 is 34.1 Å². The van der Waals surface area contributed by atoms with Crippen molar-refractivity contribution in [2.45, 2.75) is 77.6 Å². The first kappa shape index (κ1) is 27.5. The Morgan fingerprint density at radius 3 is 2.46 bits per heavy atom. The maximum atomic E-state index is 13.3. The quantitative estimate of drug-likeness (QED) is 0.454. The second-order valence-electron chi connectivity index (χ2n) is 12.1. The number of hydrogen-bond acceptors (Lipinski definition) is 7. The minimum atomic E-state index is -1.55. The lowest BCUT2D eigenvalue weighted by Gasteiger charge is -2.69. The molecular weight excluding hydrogens is 472 g/mol. The van der Waals surface area contributed by atoms with Crippen LogP contribution < -0.4 is 0 Å². The van der Waals surface area contributed by atoms with Crippen molar-refractivity contribution in [1.82, 2.24) is 0 Å². The average Bonchev–Trinajstić information content (AvgIpc) is 2.86. The zero-order chi connectivity index (χ0) is 27.2. The summed E-state index contributed by atoms with van der Waals surface area (Å²) in [5.41, 5.74) is -2.16. The topological polar surface area (TPSA) is 110 Å². The van der Waals surface area contributed by atoms with Crippen LogP contribution >= 0.6 is 0 Å². The highest BCUT2D eigenvalue weighted by Gasteiger charge is 2.73. The predicted molar refractivity (Wildman–Crippen MR) is 138 cm³/mol. The van der Waals surface area contributed by atoms with Crippen LogP contribution in [0, 0.1) is 34.5 Å². The van der Waals surface area contributed by atoms with E-state index in [1.54, 1.807) is 6.08 Å². The first-order chi connectivity index (χ1) is 17.4. The van der Waals surface area contributed by atoms with Crippen LogP contribution in [0.4, 0.5) is 0 Å². The van der Waals surface area contributed by atoms with Gasteiger partial charge in [-0.1, -0.05) is 64.4 Å². The Morgan fingerprint density at radius 1 is 1.14 bits per heavy atom. The summed E-state index contributed by atoms with van der Waals surface area (Å²) < 4.78 is 10.8. The van der Waals surface area contributed by atoms with Gasteiger partial charge in [-0.25, -0.2) is 4.79 Å². The molecule has 0 amide bonds. The Labute approximate surface area is 219 Å². The van der Waals surface area contributed by atoms with E-state index in [1.165, 1.54) is 13.2 Å². The fraction of sp³-hybridized carbons (Fsp3) is 0.633. The number of ether oxygens (including phenoxy) is 2. The maximum absolute atomic E-state index is 13.3. The van der Waals surface area contributed by atoms with Gasteiger partial charge in [0.25, 0.3) is 0 Å². The van der Waals surface area contributed by atoms with Crippen molar-refractivity contribution in [3.05, 3.63) is 42.0 Å². The van der Waals surface area contributed by atoms with Crippen LogP contribution in [-0.4, -0.2) is 52.9 Å². The number of fused-ring (bicyclic) bond motifs is 3. The minimum Gasteiger partial charge on any atom is -0.469 e. The highest BCUT2D eigenvalue weighted by molar-refractivity contribution is 5.88. The molecule has 0 aromatic heterocycles. The molecule has 3 aliphatic rings. The minimum absolute atomic E-state index is 0.0421. The zero-order valence-corrected chi connectivity index (χ0v) is 22.5. The molecule has 3 saturated carbocycles. The molecule has 8 atom stereocenters.